The molecule has 2 heterocycles. The standard InChI is InChI=1S/C24H24ClFN4O/c25-20-5-1-3-18(15-20)24(31)28-17-23(19-4-2-10-27-16-19)30-13-11-29(12-14-30)22-8-6-21(26)7-9-22/h1-10,15-16,23H,11-14,17H2,(H,28,31)/t23-/m0/s1. The van der Waals surface area contributed by atoms with Gasteiger partial charge in [0.25, 0.3) is 5.91 Å². The maximum Gasteiger partial charge on any atom is 0.251 e. The Labute approximate surface area is 186 Å². The van der Waals surface area contributed by atoms with Crippen LogP contribution in [0.15, 0.2) is 73.1 Å². The molecule has 0 saturated carbocycles. The van der Waals surface area contributed by atoms with E-state index >= 15 is 0 Å². The van der Waals surface area contributed by atoms with Gasteiger partial charge in [0, 0.05) is 61.4 Å². The molecule has 4 rings (SSSR count). The van der Waals surface area contributed by atoms with Gasteiger partial charge in [-0.3, -0.25) is 14.7 Å². The van der Waals surface area contributed by atoms with Crippen molar-refractivity contribution in [3.05, 3.63) is 95.0 Å². The number of benzene rings is 2. The second-order valence-electron chi connectivity index (χ2n) is 7.52. The van der Waals surface area contributed by atoms with Gasteiger partial charge in [-0.05, 0) is 54.1 Å². The fraction of sp³-hybridized carbons (Fsp3) is 0.250. The molecule has 1 aromatic heterocycles. The van der Waals surface area contributed by atoms with Crippen LogP contribution in [-0.2, 0) is 0 Å². The van der Waals surface area contributed by atoms with Crippen molar-refractivity contribution in [2.75, 3.05) is 37.6 Å². The molecule has 1 aliphatic heterocycles. The molecule has 2 aromatic carbocycles. The number of piperazine rings is 1. The molecule has 0 spiro atoms. The average molecular weight is 439 g/mol. The van der Waals surface area contributed by atoms with Crippen LogP contribution in [-0.4, -0.2) is 48.5 Å². The highest BCUT2D eigenvalue weighted by atomic mass is 35.5. The van der Waals surface area contributed by atoms with Gasteiger partial charge >= 0.3 is 0 Å². The Bertz CT molecular complexity index is 1010. The van der Waals surface area contributed by atoms with Crippen LogP contribution in [0.5, 0.6) is 0 Å². The lowest BCUT2D eigenvalue weighted by atomic mass is 10.1. The number of amides is 1. The van der Waals surface area contributed by atoms with Gasteiger partial charge in [-0.15, -0.1) is 0 Å². The normalized spacial score (nSPS) is 15.5. The van der Waals surface area contributed by atoms with E-state index in [4.69, 9.17) is 11.6 Å². The van der Waals surface area contributed by atoms with Crippen molar-refractivity contribution in [3.63, 3.8) is 0 Å². The third-order valence-electron chi connectivity index (χ3n) is 5.56. The monoisotopic (exact) mass is 438 g/mol. The molecule has 5 nitrogen and oxygen atoms in total. The zero-order valence-corrected chi connectivity index (χ0v) is 17.8. The van der Waals surface area contributed by atoms with Gasteiger partial charge < -0.3 is 10.2 Å². The van der Waals surface area contributed by atoms with Crippen LogP contribution < -0.4 is 10.2 Å². The second-order valence-corrected chi connectivity index (χ2v) is 7.96. The summed E-state index contributed by atoms with van der Waals surface area (Å²) in [6.45, 7) is 3.76. The smallest absolute Gasteiger partial charge is 0.251 e. The summed E-state index contributed by atoms with van der Waals surface area (Å²) in [7, 11) is 0. The highest BCUT2D eigenvalue weighted by molar-refractivity contribution is 6.30. The first-order valence-electron chi connectivity index (χ1n) is 10.3. The molecule has 1 aliphatic rings. The number of rotatable bonds is 6. The number of anilines is 1. The lowest BCUT2D eigenvalue weighted by Crippen LogP contribution is -2.50. The zero-order chi connectivity index (χ0) is 21.6. The van der Waals surface area contributed by atoms with E-state index < -0.39 is 0 Å². The molecular weight excluding hydrogens is 415 g/mol. The van der Waals surface area contributed by atoms with E-state index in [2.05, 4.69) is 20.1 Å². The Hall–Kier alpha value is -2.96. The number of carbonyl (C=O) groups is 1. The summed E-state index contributed by atoms with van der Waals surface area (Å²) in [6.07, 6.45) is 3.60. The van der Waals surface area contributed by atoms with Crippen molar-refractivity contribution in [3.8, 4) is 0 Å². The molecule has 3 aromatic rings. The lowest BCUT2D eigenvalue weighted by molar-refractivity contribution is 0.0930. The Morgan fingerprint density at radius 2 is 1.84 bits per heavy atom. The number of hydrogen-bond acceptors (Lipinski definition) is 4. The molecule has 1 fully saturated rings. The largest absolute Gasteiger partial charge is 0.369 e. The van der Waals surface area contributed by atoms with Gasteiger partial charge in [-0.25, -0.2) is 4.39 Å². The van der Waals surface area contributed by atoms with Crippen LogP contribution in [0, 0.1) is 5.82 Å². The summed E-state index contributed by atoms with van der Waals surface area (Å²) in [4.78, 5) is 21.5. The SMILES string of the molecule is O=C(NC[C@@H](c1cccnc1)N1CCN(c2ccc(F)cc2)CC1)c1cccc(Cl)c1. The van der Waals surface area contributed by atoms with Crippen LogP contribution in [0.4, 0.5) is 10.1 Å². The van der Waals surface area contributed by atoms with E-state index in [-0.39, 0.29) is 17.8 Å². The maximum atomic E-state index is 13.2. The van der Waals surface area contributed by atoms with E-state index in [1.165, 1.54) is 12.1 Å². The van der Waals surface area contributed by atoms with Crippen LogP contribution in [0.3, 0.4) is 0 Å². The molecule has 0 unspecified atom stereocenters. The highest BCUT2D eigenvalue weighted by Gasteiger charge is 2.26. The number of nitrogens with zero attached hydrogens (tertiary/aromatic N) is 3. The Morgan fingerprint density at radius 1 is 1.06 bits per heavy atom. The van der Waals surface area contributed by atoms with Gasteiger partial charge in [-0.2, -0.15) is 0 Å². The third-order valence-corrected chi connectivity index (χ3v) is 5.79. The van der Waals surface area contributed by atoms with E-state index in [1.54, 1.807) is 30.5 Å². The van der Waals surface area contributed by atoms with Gasteiger partial charge in [0.2, 0.25) is 0 Å². The van der Waals surface area contributed by atoms with Gasteiger partial charge in [0.05, 0.1) is 6.04 Å². The molecular formula is C24H24ClFN4O. The molecule has 1 saturated heterocycles. The predicted molar refractivity (Wildman–Crippen MR) is 121 cm³/mol. The van der Waals surface area contributed by atoms with Crippen LogP contribution >= 0.6 is 11.6 Å². The fourth-order valence-corrected chi connectivity index (χ4v) is 4.09. The Morgan fingerprint density at radius 3 is 2.52 bits per heavy atom. The number of carbonyl (C=O) groups excluding carboxylic acids is 1. The average Bonchev–Trinajstić information content (AvgIpc) is 2.81. The molecule has 1 amide bonds. The quantitative estimate of drug-likeness (QED) is 0.627. The minimum Gasteiger partial charge on any atom is -0.369 e. The van der Waals surface area contributed by atoms with Crippen molar-refractivity contribution >= 4 is 23.2 Å². The summed E-state index contributed by atoms with van der Waals surface area (Å²) in [5, 5.41) is 3.58. The van der Waals surface area contributed by atoms with Gasteiger partial charge in [0.1, 0.15) is 5.82 Å². The molecule has 0 bridgehead atoms. The Balaban J connectivity index is 1.43. The molecule has 1 N–H and O–H groups in total. The van der Waals surface area contributed by atoms with Crippen molar-refractivity contribution in [2.24, 2.45) is 0 Å². The van der Waals surface area contributed by atoms with E-state index in [0.29, 0.717) is 17.1 Å². The van der Waals surface area contributed by atoms with Crippen molar-refractivity contribution in [2.45, 2.75) is 6.04 Å². The summed E-state index contributed by atoms with van der Waals surface area (Å²) in [6, 6.07) is 17.5. The lowest BCUT2D eigenvalue weighted by Gasteiger charge is -2.40. The van der Waals surface area contributed by atoms with Crippen molar-refractivity contribution in [1.29, 1.82) is 0 Å². The van der Waals surface area contributed by atoms with E-state index in [1.807, 2.05) is 30.5 Å². The number of halogens is 2. The number of aromatic nitrogens is 1. The van der Waals surface area contributed by atoms with Crippen molar-refractivity contribution < 1.29 is 9.18 Å². The summed E-state index contributed by atoms with van der Waals surface area (Å²) >= 11 is 6.02. The molecule has 7 heteroatoms. The van der Waals surface area contributed by atoms with Crippen molar-refractivity contribution in [1.82, 2.24) is 15.2 Å². The Kier molecular flexibility index (Phi) is 6.79. The van der Waals surface area contributed by atoms with Gasteiger partial charge in [-0.1, -0.05) is 23.7 Å². The summed E-state index contributed by atoms with van der Waals surface area (Å²) < 4.78 is 13.2. The van der Waals surface area contributed by atoms with Crippen LogP contribution in [0.1, 0.15) is 22.0 Å². The molecule has 160 valence electrons. The maximum absolute atomic E-state index is 13.2. The molecule has 1 atom stereocenters. The third kappa shape index (κ3) is 5.40. The first-order chi connectivity index (χ1) is 15.1. The summed E-state index contributed by atoms with van der Waals surface area (Å²) in [5.74, 6) is -0.379. The zero-order valence-electron chi connectivity index (χ0n) is 17.0. The second kappa shape index (κ2) is 9.90. The minimum atomic E-state index is -0.227. The highest BCUT2D eigenvalue weighted by Crippen LogP contribution is 2.24. The predicted octanol–water partition coefficient (Wildman–Crippen LogP) is 4.17. The first kappa shape index (κ1) is 21.3. The van der Waals surface area contributed by atoms with E-state index in [9.17, 15) is 9.18 Å². The van der Waals surface area contributed by atoms with Crippen LogP contribution in [0.2, 0.25) is 5.02 Å². The van der Waals surface area contributed by atoms with Gasteiger partial charge in [0.15, 0.2) is 0 Å². The van der Waals surface area contributed by atoms with Crippen LogP contribution in [0.25, 0.3) is 0 Å². The molecule has 0 radical (unpaired) electrons. The number of hydrogen-bond donors (Lipinski definition) is 1. The number of pyridine rings is 1. The first-order valence-corrected chi connectivity index (χ1v) is 10.7. The molecule has 0 aliphatic carbocycles. The van der Waals surface area contributed by atoms with E-state index in [0.717, 1.165) is 37.4 Å². The summed E-state index contributed by atoms with van der Waals surface area (Å²) in [5.41, 5.74) is 2.62. The fourth-order valence-electron chi connectivity index (χ4n) is 3.90. The number of nitrogens with one attached hydrogen (secondary N) is 1. The topological polar surface area (TPSA) is 48.5 Å². The molecule has 31 heavy (non-hydrogen) atoms. The minimum absolute atomic E-state index is 0.00667.